The molecule has 0 aliphatic heterocycles. The van der Waals surface area contributed by atoms with Gasteiger partial charge in [0.1, 0.15) is 27.8 Å². The van der Waals surface area contributed by atoms with Crippen LogP contribution in [0.3, 0.4) is 0 Å². The predicted octanol–water partition coefficient (Wildman–Crippen LogP) is 4.22. The van der Waals surface area contributed by atoms with Gasteiger partial charge in [-0.3, -0.25) is 19.2 Å². The Balaban J connectivity index is 1.99. The van der Waals surface area contributed by atoms with Crippen molar-refractivity contribution in [1.29, 1.82) is 0 Å². The minimum absolute atomic E-state index is 0.0675. The zero-order valence-corrected chi connectivity index (χ0v) is 18.7. The lowest BCUT2D eigenvalue weighted by molar-refractivity contribution is -0.384. The Morgan fingerprint density at radius 2 is 1.34 bits per heavy atom. The van der Waals surface area contributed by atoms with Crippen LogP contribution in [0.4, 0.5) is 17.1 Å². The monoisotopic (exact) mass is 519 g/mol. The van der Waals surface area contributed by atoms with E-state index in [0.717, 1.165) is 30.3 Å². The normalized spacial score (nSPS) is 12.5. The fourth-order valence-corrected chi connectivity index (χ4v) is 4.63. The van der Waals surface area contributed by atoms with E-state index < -0.39 is 52.1 Å². The molecule has 0 radical (unpaired) electrons. The number of nitrogens with zero attached hydrogens (tertiary/aromatic N) is 3. The van der Waals surface area contributed by atoms with Crippen molar-refractivity contribution in [3.63, 3.8) is 0 Å². The van der Waals surface area contributed by atoms with Gasteiger partial charge in [0.05, 0.1) is 9.82 Å². The molecule has 35 heavy (non-hydrogen) atoms. The van der Waals surface area contributed by atoms with Crippen LogP contribution in [0.5, 0.6) is 11.5 Å². The first-order chi connectivity index (χ1) is 16.3. The number of hydrogen-bond donors (Lipinski definition) is 4. The van der Waals surface area contributed by atoms with Gasteiger partial charge in [0, 0.05) is 34.4 Å². The maximum Gasteiger partial charge on any atom is 0.295 e. The summed E-state index contributed by atoms with van der Waals surface area (Å²) in [6, 6.07) is 9.83. The molecule has 0 aliphatic carbocycles. The van der Waals surface area contributed by atoms with E-state index in [2.05, 4.69) is 10.2 Å². The van der Waals surface area contributed by atoms with Gasteiger partial charge in [0.25, 0.3) is 25.9 Å². The van der Waals surface area contributed by atoms with Gasteiger partial charge in [0.15, 0.2) is 0 Å². The number of aromatic hydroxyl groups is 2. The minimum atomic E-state index is -4.91. The minimum Gasteiger partial charge on any atom is -0.506 e. The number of non-ortho nitro benzene ring substituents is 1. The van der Waals surface area contributed by atoms with Crippen LogP contribution in [0.2, 0.25) is 0 Å². The average molecular weight is 519 g/mol. The third kappa shape index (κ3) is 4.47. The summed E-state index contributed by atoms with van der Waals surface area (Å²) in [5.41, 5.74) is -1.11. The first-order valence-electron chi connectivity index (χ1n) is 9.34. The summed E-state index contributed by atoms with van der Waals surface area (Å²) in [4.78, 5) is 9.06. The molecule has 0 aliphatic rings. The maximum absolute atomic E-state index is 11.8. The van der Waals surface area contributed by atoms with Crippen LogP contribution in [0.25, 0.3) is 21.5 Å². The third-order valence-electron chi connectivity index (χ3n) is 5.01. The number of nitro groups is 1. The second kappa shape index (κ2) is 8.24. The predicted molar refractivity (Wildman–Crippen MR) is 122 cm³/mol. The van der Waals surface area contributed by atoms with E-state index in [0.29, 0.717) is 11.5 Å². The smallest absolute Gasteiger partial charge is 0.295 e. The van der Waals surface area contributed by atoms with E-state index in [4.69, 9.17) is 0 Å². The number of rotatable bonds is 5. The van der Waals surface area contributed by atoms with Crippen molar-refractivity contribution >= 4 is 58.8 Å². The average Bonchev–Trinajstić information content (AvgIpc) is 2.77. The number of phenols is 2. The molecule has 180 valence electrons. The highest BCUT2D eigenvalue weighted by Gasteiger charge is 2.22. The van der Waals surface area contributed by atoms with Crippen LogP contribution in [0.15, 0.2) is 74.6 Å². The Morgan fingerprint density at radius 1 is 0.714 bits per heavy atom. The van der Waals surface area contributed by atoms with Gasteiger partial charge in [-0.05, 0) is 29.7 Å². The van der Waals surface area contributed by atoms with Gasteiger partial charge in [-0.15, -0.1) is 10.2 Å². The highest BCUT2D eigenvalue weighted by molar-refractivity contribution is 7.86. The fraction of sp³-hybridized carbons (Fsp3) is 0. The Bertz CT molecular complexity index is 1800. The zero-order valence-electron chi connectivity index (χ0n) is 17.1. The third-order valence-corrected chi connectivity index (χ3v) is 6.76. The molecule has 0 atom stereocenters. The molecule has 15 heteroatoms. The van der Waals surface area contributed by atoms with E-state index >= 15 is 0 Å². The Hall–Kier alpha value is -4.18. The molecule has 13 nitrogen and oxygen atoms in total. The Kier molecular flexibility index (Phi) is 5.64. The molecule has 0 saturated heterocycles. The molecule has 0 aromatic heterocycles. The van der Waals surface area contributed by atoms with Gasteiger partial charge in [-0.25, -0.2) is 0 Å². The summed E-state index contributed by atoms with van der Waals surface area (Å²) in [7, 11) is -9.49. The lowest BCUT2D eigenvalue weighted by atomic mass is 10.1. The summed E-state index contributed by atoms with van der Waals surface area (Å²) < 4.78 is 65.5. The maximum atomic E-state index is 11.8. The lowest BCUT2D eigenvalue weighted by Gasteiger charge is -2.09. The van der Waals surface area contributed by atoms with Gasteiger partial charge in [-0.2, -0.15) is 16.8 Å². The van der Waals surface area contributed by atoms with E-state index in [9.17, 15) is 46.3 Å². The van der Waals surface area contributed by atoms with Gasteiger partial charge in [0.2, 0.25) is 0 Å². The lowest BCUT2D eigenvalue weighted by Crippen LogP contribution is -2.00. The molecule has 4 N–H and O–H groups in total. The molecular formula is C20H13N3O10S2. The van der Waals surface area contributed by atoms with Crippen molar-refractivity contribution in [1.82, 2.24) is 0 Å². The molecule has 0 fully saturated rings. The largest absolute Gasteiger partial charge is 0.506 e. The van der Waals surface area contributed by atoms with E-state index in [-0.39, 0.29) is 27.5 Å². The van der Waals surface area contributed by atoms with Crippen molar-refractivity contribution in [3.05, 3.63) is 64.7 Å². The molecule has 4 aromatic rings. The number of azo groups is 1. The van der Waals surface area contributed by atoms with Crippen LogP contribution < -0.4 is 0 Å². The van der Waals surface area contributed by atoms with Crippen molar-refractivity contribution in [2.45, 2.75) is 9.79 Å². The zero-order chi connectivity index (χ0) is 25.7. The van der Waals surface area contributed by atoms with E-state index in [1.807, 2.05) is 0 Å². The van der Waals surface area contributed by atoms with Crippen molar-refractivity contribution in [2.24, 2.45) is 10.2 Å². The number of nitro benzene ring substituents is 1. The molecule has 0 saturated carbocycles. The van der Waals surface area contributed by atoms with Crippen molar-refractivity contribution in [2.75, 3.05) is 0 Å². The molecule has 0 spiro atoms. The topological polar surface area (TPSA) is 217 Å². The second-order valence-corrected chi connectivity index (χ2v) is 10.0. The van der Waals surface area contributed by atoms with Gasteiger partial charge >= 0.3 is 0 Å². The highest BCUT2D eigenvalue weighted by Crippen LogP contribution is 2.43. The van der Waals surface area contributed by atoms with Crippen LogP contribution in [0, 0.1) is 10.1 Å². The summed E-state index contributed by atoms with van der Waals surface area (Å²) in [5.74, 6) is -1.20. The number of fused-ring (bicyclic) bond motifs is 2. The first-order valence-corrected chi connectivity index (χ1v) is 12.2. The fourth-order valence-electron chi connectivity index (χ4n) is 3.42. The molecule has 4 rings (SSSR count). The van der Waals surface area contributed by atoms with Crippen LogP contribution in [-0.4, -0.2) is 41.1 Å². The van der Waals surface area contributed by atoms with Crippen molar-refractivity contribution in [3.8, 4) is 11.5 Å². The SMILES string of the molecule is O=[N+]([O-])c1ccc2c(N=Nc3c(O)ccc4ccc(S(=O)(=O)O)cc34)c(O)cc(S(=O)(=O)O)c2c1. The second-order valence-electron chi connectivity index (χ2n) is 7.20. The van der Waals surface area contributed by atoms with E-state index in [1.165, 1.54) is 18.2 Å². The van der Waals surface area contributed by atoms with Crippen molar-refractivity contribution < 1.29 is 41.1 Å². The molecule has 4 aromatic carbocycles. The number of phenolic OH excluding ortho intramolecular Hbond substituents is 2. The van der Waals surface area contributed by atoms with Gasteiger partial charge < -0.3 is 10.2 Å². The number of hydrogen-bond acceptors (Lipinski definition) is 10. The number of benzene rings is 4. The van der Waals surface area contributed by atoms with Crippen LogP contribution in [-0.2, 0) is 20.2 Å². The molecule has 0 amide bonds. The summed E-state index contributed by atoms with van der Waals surface area (Å²) in [6.45, 7) is 0. The Morgan fingerprint density at radius 3 is 1.94 bits per heavy atom. The quantitative estimate of drug-likeness (QED) is 0.127. The Labute approximate surface area is 196 Å². The van der Waals surface area contributed by atoms with Crippen LogP contribution in [0.1, 0.15) is 0 Å². The summed E-state index contributed by atoms with van der Waals surface area (Å²) in [6.07, 6.45) is 0. The first kappa shape index (κ1) is 24.0. The molecule has 0 unspecified atom stereocenters. The van der Waals surface area contributed by atoms with Gasteiger partial charge in [-0.1, -0.05) is 12.1 Å². The van der Waals surface area contributed by atoms with Crippen LogP contribution >= 0.6 is 0 Å². The molecule has 0 heterocycles. The molecular weight excluding hydrogens is 506 g/mol. The van der Waals surface area contributed by atoms with E-state index in [1.54, 1.807) is 0 Å². The standard InChI is InChI=1S/C20H13N3O10S2/c24-16-6-2-10-1-4-12(34(28,29)30)8-14(10)20(16)22-21-19-13-5-3-11(23(26)27)7-15(13)18(9-17(19)25)35(31,32)33/h1-9,24-25H,(H,28,29,30)(H,31,32,33). The highest BCUT2D eigenvalue weighted by atomic mass is 32.2. The summed E-state index contributed by atoms with van der Waals surface area (Å²) in [5, 5.41) is 39.6. The molecule has 0 bridgehead atoms. The summed E-state index contributed by atoms with van der Waals surface area (Å²) >= 11 is 0.